The first-order valence-electron chi connectivity index (χ1n) is 6.13. The number of aryl methyl sites for hydroxylation is 1. The van der Waals surface area contributed by atoms with E-state index in [9.17, 15) is 9.59 Å². The number of hydrogen-bond acceptors (Lipinski definition) is 5. The number of rotatable bonds is 2. The van der Waals surface area contributed by atoms with Crippen LogP contribution in [0.15, 0.2) is 16.7 Å². The molecule has 1 aliphatic heterocycles. The summed E-state index contributed by atoms with van der Waals surface area (Å²) in [6.07, 6.45) is 3.53. The molecule has 0 bridgehead atoms. The van der Waals surface area contributed by atoms with Crippen molar-refractivity contribution >= 4 is 34.5 Å². The van der Waals surface area contributed by atoms with E-state index in [1.807, 2.05) is 22.9 Å². The van der Waals surface area contributed by atoms with Crippen LogP contribution in [0.5, 0.6) is 0 Å². The first kappa shape index (κ1) is 12.8. The molecule has 2 aromatic heterocycles. The minimum absolute atomic E-state index is 0.256. The van der Waals surface area contributed by atoms with Crippen molar-refractivity contribution in [3.05, 3.63) is 23.0 Å². The number of hydrazone groups is 1. The van der Waals surface area contributed by atoms with Crippen LogP contribution in [0.3, 0.4) is 0 Å². The number of amides is 3. The second-order valence-electron chi connectivity index (χ2n) is 4.46. The molecule has 0 N–H and O–H groups in total. The van der Waals surface area contributed by atoms with Crippen LogP contribution in [0.2, 0.25) is 0 Å². The predicted octanol–water partition coefficient (Wildman–Crippen LogP) is 1.32. The van der Waals surface area contributed by atoms with Crippen molar-refractivity contribution in [3.8, 4) is 0 Å². The molecule has 1 saturated heterocycles. The van der Waals surface area contributed by atoms with Gasteiger partial charge in [-0.1, -0.05) is 0 Å². The van der Waals surface area contributed by atoms with Crippen LogP contribution in [0.25, 0.3) is 4.96 Å². The van der Waals surface area contributed by atoms with Crippen LogP contribution in [0, 0.1) is 6.92 Å². The number of imide groups is 1. The fourth-order valence-electron chi connectivity index (χ4n) is 2.12. The number of fused-ring (bicyclic) bond motifs is 1. The molecule has 3 amide bonds. The van der Waals surface area contributed by atoms with E-state index in [1.165, 1.54) is 16.8 Å². The third kappa shape index (κ3) is 1.97. The summed E-state index contributed by atoms with van der Waals surface area (Å²) < 4.78 is 1.92. The van der Waals surface area contributed by atoms with E-state index in [4.69, 9.17) is 0 Å². The van der Waals surface area contributed by atoms with Crippen molar-refractivity contribution in [1.82, 2.24) is 19.3 Å². The summed E-state index contributed by atoms with van der Waals surface area (Å²) in [4.78, 5) is 29.6. The number of carbonyl (C=O) groups is 2. The smallest absolute Gasteiger partial charge is 0.289 e. The Morgan fingerprint density at radius 2 is 2.30 bits per heavy atom. The van der Waals surface area contributed by atoms with Gasteiger partial charge < -0.3 is 0 Å². The minimum Gasteiger partial charge on any atom is -0.289 e. The van der Waals surface area contributed by atoms with Gasteiger partial charge in [-0.15, -0.1) is 11.3 Å². The summed E-state index contributed by atoms with van der Waals surface area (Å²) in [6, 6.07) is -0.377. The molecular weight excluding hydrogens is 278 g/mol. The largest absolute Gasteiger partial charge is 0.347 e. The number of aromatic nitrogens is 2. The zero-order valence-electron chi connectivity index (χ0n) is 11.1. The summed E-state index contributed by atoms with van der Waals surface area (Å²) in [6.45, 7) is 4.07. The Morgan fingerprint density at radius 3 is 3.00 bits per heavy atom. The van der Waals surface area contributed by atoms with E-state index in [2.05, 4.69) is 10.1 Å². The molecule has 3 heterocycles. The number of imidazole rings is 1. The Morgan fingerprint density at radius 1 is 1.50 bits per heavy atom. The molecule has 0 unspecified atom stereocenters. The molecule has 8 heteroatoms. The SMILES string of the molecule is CC(=O)N1CCN(/N=C/c2c(C)nc3sccn23)C1=O. The highest BCUT2D eigenvalue weighted by atomic mass is 32.1. The monoisotopic (exact) mass is 291 g/mol. The Hall–Kier alpha value is -2.22. The molecule has 0 radical (unpaired) electrons. The minimum atomic E-state index is -0.377. The van der Waals surface area contributed by atoms with Crippen molar-refractivity contribution < 1.29 is 9.59 Å². The molecular formula is C12H13N5O2S. The van der Waals surface area contributed by atoms with E-state index in [-0.39, 0.29) is 11.9 Å². The Bertz CT molecular complexity index is 717. The molecule has 3 rings (SSSR count). The Labute approximate surface area is 119 Å². The maximum atomic E-state index is 11.9. The zero-order valence-corrected chi connectivity index (χ0v) is 11.9. The number of urea groups is 1. The van der Waals surface area contributed by atoms with Gasteiger partial charge in [-0.05, 0) is 6.92 Å². The molecule has 0 aromatic carbocycles. The summed E-state index contributed by atoms with van der Waals surface area (Å²) in [5, 5.41) is 7.42. The highest BCUT2D eigenvalue weighted by Gasteiger charge is 2.30. The molecule has 104 valence electrons. The van der Waals surface area contributed by atoms with E-state index in [0.29, 0.717) is 13.1 Å². The molecule has 0 atom stereocenters. The van der Waals surface area contributed by atoms with Crippen molar-refractivity contribution in [3.63, 3.8) is 0 Å². The van der Waals surface area contributed by atoms with Gasteiger partial charge >= 0.3 is 6.03 Å². The van der Waals surface area contributed by atoms with Gasteiger partial charge in [-0.25, -0.2) is 14.8 Å². The normalized spacial score (nSPS) is 16.0. The number of nitrogens with zero attached hydrogens (tertiary/aromatic N) is 5. The van der Waals surface area contributed by atoms with Gasteiger partial charge in [0.1, 0.15) is 0 Å². The van der Waals surface area contributed by atoms with Gasteiger partial charge in [0.25, 0.3) is 0 Å². The van der Waals surface area contributed by atoms with E-state index in [0.717, 1.165) is 16.3 Å². The Balaban J connectivity index is 1.84. The summed E-state index contributed by atoms with van der Waals surface area (Å²) in [7, 11) is 0. The standard InChI is InChI=1S/C12H13N5O2S/c1-8-10(16-5-6-20-11(16)14-8)7-13-17-4-3-15(9(2)18)12(17)19/h5-7H,3-4H2,1-2H3/b13-7+. The first-order chi connectivity index (χ1) is 9.58. The number of thiazole rings is 1. The van der Waals surface area contributed by atoms with Gasteiger partial charge in [0, 0.05) is 18.5 Å². The van der Waals surface area contributed by atoms with Gasteiger partial charge in [-0.3, -0.25) is 14.1 Å². The molecule has 7 nitrogen and oxygen atoms in total. The van der Waals surface area contributed by atoms with Crippen LogP contribution in [0.1, 0.15) is 18.3 Å². The maximum Gasteiger partial charge on any atom is 0.347 e. The fraction of sp³-hybridized carbons (Fsp3) is 0.333. The molecule has 0 aliphatic carbocycles. The van der Waals surface area contributed by atoms with Crippen LogP contribution >= 0.6 is 11.3 Å². The fourth-order valence-corrected chi connectivity index (χ4v) is 2.88. The highest BCUT2D eigenvalue weighted by molar-refractivity contribution is 7.15. The molecule has 2 aromatic rings. The van der Waals surface area contributed by atoms with Crippen LogP contribution < -0.4 is 0 Å². The number of hydrogen-bond donors (Lipinski definition) is 0. The van der Waals surface area contributed by atoms with Crippen molar-refractivity contribution in [1.29, 1.82) is 0 Å². The number of carbonyl (C=O) groups excluding carboxylic acids is 2. The molecule has 1 fully saturated rings. The second-order valence-corrected chi connectivity index (χ2v) is 5.33. The lowest BCUT2D eigenvalue weighted by Gasteiger charge is -2.10. The second kappa shape index (κ2) is 4.71. The summed E-state index contributed by atoms with van der Waals surface area (Å²) in [5.41, 5.74) is 1.70. The topological polar surface area (TPSA) is 70.3 Å². The average molecular weight is 291 g/mol. The van der Waals surface area contributed by atoms with Crippen LogP contribution in [-0.2, 0) is 4.79 Å². The van der Waals surface area contributed by atoms with Crippen molar-refractivity contribution in [2.75, 3.05) is 13.1 Å². The van der Waals surface area contributed by atoms with Gasteiger partial charge in [-0.2, -0.15) is 5.10 Å². The lowest BCUT2D eigenvalue weighted by Crippen LogP contribution is -2.32. The maximum absolute atomic E-state index is 11.9. The van der Waals surface area contributed by atoms with Crippen LogP contribution in [0.4, 0.5) is 4.79 Å². The molecule has 0 saturated carbocycles. The van der Waals surface area contributed by atoms with E-state index >= 15 is 0 Å². The zero-order chi connectivity index (χ0) is 14.3. The quantitative estimate of drug-likeness (QED) is 0.784. The molecule has 1 aliphatic rings. The molecule has 20 heavy (non-hydrogen) atoms. The lowest BCUT2D eigenvalue weighted by atomic mass is 10.4. The first-order valence-corrected chi connectivity index (χ1v) is 7.01. The van der Waals surface area contributed by atoms with Crippen molar-refractivity contribution in [2.24, 2.45) is 5.10 Å². The predicted molar refractivity (Wildman–Crippen MR) is 74.9 cm³/mol. The Kier molecular flexibility index (Phi) is 3.01. The van der Waals surface area contributed by atoms with Crippen LogP contribution in [-0.4, -0.2) is 50.5 Å². The summed E-state index contributed by atoms with van der Waals surface area (Å²) >= 11 is 1.54. The van der Waals surface area contributed by atoms with Crippen molar-refractivity contribution in [2.45, 2.75) is 13.8 Å². The van der Waals surface area contributed by atoms with Gasteiger partial charge in [0.15, 0.2) is 4.96 Å². The third-order valence-corrected chi connectivity index (χ3v) is 3.93. The van der Waals surface area contributed by atoms with Gasteiger partial charge in [0.05, 0.1) is 30.7 Å². The highest BCUT2D eigenvalue weighted by Crippen LogP contribution is 2.16. The lowest BCUT2D eigenvalue weighted by molar-refractivity contribution is -0.125. The van der Waals surface area contributed by atoms with E-state index < -0.39 is 0 Å². The summed E-state index contributed by atoms with van der Waals surface area (Å²) in [5.74, 6) is -0.256. The third-order valence-electron chi connectivity index (χ3n) is 3.17. The average Bonchev–Trinajstić information content (AvgIpc) is 3.03. The van der Waals surface area contributed by atoms with E-state index in [1.54, 1.807) is 17.6 Å². The molecule has 0 spiro atoms. The van der Waals surface area contributed by atoms with Gasteiger partial charge in [0.2, 0.25) is 5.91 Å².